The van der Waals surface area contributed by atoms with Crippen molar-refractivity contribution in [2.24, 2.45) is 0 Å². The number of aliphatic hydroxyl groups is 1. The summed E-state index contributed by atoms with van der Waals surface area (Å²) < 4.78 is 5.20. The van der Waals surface area contributed by atoms with Gasteiger partial charge in [-0.2, -0.15) is 11.3 Å². The van der Waals surface area contributed by atoms with Gasteiger partial charge < -0.3 is 20.2 Å². The maximum absolute atomic E-state index is 11.8. The molecule has 0 aliphatic carbocycles. The number of aromatic nitrogens is 1. The van der Waals surface area contributed by atoms with E-state index in [1.807, 2.05) is 29.0 Å². The Labute approximate surface area is 136 Å². The van der Waals surface area contributed by atoms with Crippen LogP contribution >= 0.6 is 11.3 Å². The summed E-state index contributed by atoms with van der Waals surface area (Å²) >= 11 is 1.50. The zero-order chi connectivity index (χ0) is 16.1. The van der Waals surface area contributed by atoms with Gasteiger partial charge in [0.25, 0.3) is 0 Å². The van der Waals surface area contributed by atoms with E-state index in [0.29, 0.717) is 11.6 Å². The topological polar surface area (TPSA) is 87.4 Å². The predicted octanol–water partition coefficient (Wildman–Crippen LogP) is 3.26. The van der Waals surface area contributed by atoms with Crippen molar-refractivity contribution in [1.82, 2.24) is 10.3 Å². The van der Waals surface area contributed by atoms with Gasteiger partial charge in [0.1, 0.15) is 6.26 Å². The van der Waals surface area contributed by atoms with Crippen LogP contribution in [0.15, 0.2) is 58.0 Å². The molecule has 0 bridgehead atoms. The molecule has 0 spiro atoms. The molecule has 2 heterocycles. The van der Waals surface area contributed by atoms with Gasteiger partial charge in [0.05, 0.1) is 12.3 Å². The maximum atomic E-state index is 11.8. The van der Waals surface area contributed by atoms with Gasteiger partial charge in [0, 0.05) is 17.8 Å². The Balaban J connectivity index is 1.51. The molecule has 3 aromatic rings. The molecule has 0 fully saturated rings. The third kappa shape index (κ3) is 3.97. The van der Waals surface area contributed by atoms with Crippen molar-refractivity contribution in [3.63, 3.8) is 0 Å². The molecular formula is C16H15N3O3S. The van der Waals surface area contributed by atoms with E-state index < -0.39 is 6.10 Å². The maximum Gasteiger partial charge on any atom is 0.319 e. The van der Waals surface area contributed by atoms with Gasteiger partial charge in [-0.05, 0) is 46.7 Å². The molecule has 6 nitrogen and oxygen atoms in total. The van der Waals surface area contributed by atoms with E-state index in [-0.39, 0.29) is 12.6 Å². The molecule has 1 atom stereocenters. The van der Waals surface area contributed by atoms with E-state index >= 15 is 0 Å². The number of amides is 2. The first-order valence-corrected chi connectivity index (χ1v) is 7.91. The first kappa shape index (κ1) is 15.3. The third-order valence-electron chi connectivity index (χ3n) is 3.21. The smallest absolute Gasteiger partial charge is 0.319 e. The molecular weight excluding hydrogens is 314 g/mol. The first-order chi connectivity index (χ1) is 11.2. The average molecular weight is 329 g/mol. The van der Waals surface area contributed by atoms with Gasteiger partial charge in [-0.3, -0.25) is 0 Å². The number of urea groups is 1. The Kier molecular flexibility index (Phi) is 4.70. The normalized spacial score (nSPS) is 11.9. The van der Waals surface area contributed by atoms with E-state index in [2.05, 4.69) is 15.6 Å². The number of aliphatic hydroxyl groups excluding tert-OH is 1. The van der Waals surface area contributed by atoms with Crippen LogP contribution in [0.2, 0.25) is 0 Å². The fraction of sp³-hybridized carbons (Fsp3) is 0.125. The van der Waals surface area contributed by atoms with Crippen LogP contribution in [0.3, 0.4) is 0 Å². The molecule has 1 aromatic carbocycles. The van der Waals surface area contributed by atoms with Crippen molar-refractivity contribution in [1.29, 1.82) is 0 Å². The second-order valence-corrected chi connectivity index (χ2v) is 5.60. The lowest BCUT2D eigenvalue weighted by Crippen LogP contribution is -2.32. The number of nitrogens with zero attached hydrogens (tertiary/aromatic N) is 1. The molecule has 3 N–H and O–H groups in total. The van der Waals surface area contributed by atoms with Crippen LogP contribution in [0.1, 0.15) is 11.7 Å². The Morgan fingerprint density at radius 3 is 2.78 bits per heavy atom. The van der Waals surface area contributed by atoms with Crippen molar-refractivity contribution < 1.29 is 14.3 Å². The van der Waals surface area contributed by atoms with Gasteiger partial charge in [-0.25, -0.2) is 9.78 Å². The van der Waals surface area contributed by atoms with E-state index in [4.69, 9.17) is 4.42 Å². The Morgan fingerprint density at radius 1 is 1.30 bits per heavy atom. The summed E-state index contributed by atoms with van der Waals surface area (Å²) in [6.07, 6.45) is 2.38. The van der Waals surface area contributed by atoms with Crippen LogP contribution in [-0.4, -0.2) is 22.7 Å². The van der Waals surface area contributed by atoms with Crippen molar-refractivity contribution >= 4 is 23.1 Å². The van der Waals surface area contributed by atoms with Gasteiger partial charge in [-0.15, -0.1) is 0 Å². The number of oxazole rings is 1. The molecule has 0 radical (unpaired) electrons. The summed E-state index contributed by atoms with van der Waals surface area (Å²) in [7, 11) is 0. The lowest BCUT2D eigenvalue weighted by atomic mass is 10.2. The molecule has 7 heteroatoms. The van der Waals surface area contributed by atoms with E-state index in [1.54, 1.807) is 18.3 Å². The number of hydrogen-bond acceptors (Lipinski definition) is 5. The molecule has 118 valence electrons. The summed E-state index contributed by atoms with van der Waals surface area (Å²) in [6, 6.07) is 8.59. The minimum absolute atomic E-state index is 0.150. The second-order valence-electron chi connectivity index (χ2n) is 4.82. The number of hydrogen-bond donors (Lipinski definition) is 3. The SMILES string of the molecule is O=C(NCC(O)c1ccsc1)Nc1ccc(-c2ncco2)cc1. The van der Waals surface area contributed by atoms with Gasteiger partial charge in [-0.1, -0.05) is 0 Å². The van der Waals surface area contributed by atoms with Gasteiger partial charge in [0.15, 0.2) is 0 Å². The van der Waals surface area contributed by atoms with Crippen LogP contribution in [0.5, 0.6) is 0 Å². The Hall–Kier alpha value is -2.64. The fourth-order valence-corrected chi connectivity index (χ4v) is 2.72. The minimum atomic E-state index is -0.709. The molecule has 1 unspecified atom stereocenters. The van der Waals surface area contributed by atoms with Crippen molar-refractivity contribution in [2.75, 3.05) is 11.9 Å². The van der Waals surface area contributed by atoms with Gasteiger partial charge in [0.2, 0.25) is 5.89 Å². The number of thiophene rings is 1. The van der Waals surface area contributed by atoms with E-state index in [1.165, 1.54) is 17.6 Å². The minimum Gasteiger partial charge on any atom is -0.445 e. The monoisotopic (exact) mass is 329 g/mol. The highest BCUT2D eigenvalue weighted by atomic mass is 32.1. The highest BCUT2D eigenvalue weighted by Crippen LogP contribution is 2.19. The summed E-state index contributed by atoms with van der Waals surface area (Å²) in [5, 5.41) is 19.0. The first-order valence-electron chi connectivity index (χ1n) is 6.97. The molecule has 2 amide bonds. The Bertz CT molecular complexity index is 739. The lowest BCUT2D eigenvalue weighted by Gasteiger charge is -2.11. The van der Waals surface area contributed by atoms with Crippen LogP contribution < -0.4 is 10.6 Å². The van der Waals surface area contributed by atoms with Crippen molar-refractivity contribution in [3.05, 3.63) is 59.1 Å². The number of anilines is 1. The molecule has 0 saturated carbocycles. The van der Waals surface area contributed by atoms with E-state index in [9.17, 15) is 9.90 Å². The fourth-order valence-electron chi connectivity index (χ4n) is 2.01. The second kappa shape index (κ2) is 7.08. The van der Waals surface area contributed by atoms with Crippen LogP contribution in [0.4, 0.5) is 10.5 Å². The number of carbonyl (C=O) groups excluding carboxylic acids is 1. The molecule has 0 aliphatic rings. The summed E-state index contributed by atoms with van der Waals surface area (Å²) in [4.78, 5) is 15.9. The number of rotatable bonds is 5. The quantitative estimate of drug-likeness (QED) is 0.670. The zero-order valence-electron chi connectivity index (χ0n) is 12.1. The molecule has 2 aromatic heterocycles. The highest BCUT2D eigenvalue weighted by molar-refractivity contribution is 7.07. The summed E-state index contributed by atoms with van der Waals surface area (Å²) in [6.45, 7) is 0.150. The third-order valence-corrected chi connectivity index (χ3v) is 3.91. The van der Waals surface area contributed by atoms with Crippen LogP contribution in [0, 0.1) is 0 Å². The van der Waals surface area contributed by atoms with Crippen molar-refractivity contribution in [3.8, 4) is 11.5 Å². The molecule has 3 rings (SSSR count). The number of carbonyl (C=O) groups is 1. The summed E-state index contributed by atoms with van der Waals surface area (Å²) in [5.41, 5.74) is 2.27. The highest BCUT2D eigenvalue weighted by Gasteiger charge is 2.10. The van der Waals surface area contributed by atoms with Gasteiger partial charge >= 0.3 is 6.03 Å². The number of benzene rings is 1. The lowest BCUT2D eigenvalue weighted by molar-refractivity contribution is 0.175. The van der Waals surface area contributed by atoms with E-state index in [0.717, 1.165) is 11.1 Å². The largest absolute Gasteiger partial charge is 0.445 e. The van der Waals surface area contributed by atoms with Crippen LogP contribution in [0.25, 0.3) is 11.5 Å². The molecule has 0 saturated heterocycles. The molecule has 23 heavy (non-hydrogen) atoms. The Morgan fingerprint density at radius 2 is 2.13 bits per heavy atom. The molecule has 0 aliphatic heterocycles. The van der Waals surface area contributed by atoms with Crippen LogP contribution in [-0.2, 0) is 0 Å². The predicted molar refractivity (Wildman–Crippen MR) is 88.2 cm³/mol. The average Bonchev–Trinajstić information content (AvgIpc) is 3.26. The van der Waals surface area contributed by atoms with Crippen molar-refractivity contribution in [2.45, 2.75) is 6.10 Å². The number of nitrogens with one attached hydrogen (secondary N) is 2. The zero-order valence-corrected chi connectivity index (χ0v) is 12.9. The summed E-state index contributed by atoms with van der Waals surface area (Å²) in [5.74, 6) is 0.528. The standard InChI is InChI=1S/C16H15N3O3S/c20-14(12-5-8-23-10-12)9-18-16(21)19-13-3-1-11(2-4-13)15-17-6-7-22-15/h1-8,10,14,20H,9H2,(H2,18,19,21).